The van der Waals surface area contributed by atoms with Crippen molar-refractivity contribution in [1.82, 2.24) is 4.98 Å². The van der Waals surface area contributed by atoms with Crippen molar-refractivity contribution in [2.75, 3.05) is 11.9 Å². The zero-order valence-electron chi connectivity index (χ0n) is 12.9. The summed E-state index contributed by atoms with van der Waals surface area (Å²) in [6, 6.07) is 5.21. The van der Waals surface area contributed by atoms with Crippen LogP contribution in [0, 0.1) is 0 Å². The fourth-order valence-corrected chi connectivity index (χ4v) is 2.58. The zero-order chi connectivity index (χ0) is 19.4. The molecule has 0 bridgehead atoms. The number of hydrogen-bond donors (Lipinski definition) is 2. The second kappa shape index (κ2) is 7.81. The molecule has 0 aliphatic carbocycles. The van der Waals surface area contributed by atoms with Crippen LogP contribution >= 0.6 is 11.3 Å². The van der Waals surface area contributed by atoms with Gasteiger partial charge in [0.25, 0.3) is 0 Å². The van der Waals surface area contributed by atoms with E-state index in [0.29, 0.717) is 0 Å². The van der Waals surface area contributed by atoms with Crippen LogP contribution in [0.1, 0.15) is 10.7 Å². The molecule has 0 fully saturated rings. The monoisotopic (exact) mass is 398 g/mol. The number of hydrogen-bond acceptors (Lipinski definition) is 4. The highest BCUT2D eigenvalue weighted by atomic mass is 32.1. The van der Waals surface area contributed by atoms with Gasteiger partial charge >= 0.3 is 12.5 Å². The van der Waals surface area contributed by atoms with Crippen LogP contribution in [0.25, 0.3) is 0 Å². The molecule has 142 valence electrons. The second-order valence-corrected chi connectivity index (χ2v) is 5.75. The molecule has 1 aromatic carbocycles. The summed E-state index contributed by atoms with van der Waals surface area (Å²) in [6.45, 7) is 0.00589. The number of halogens is 6. The van der Waals surface area contributed by atoms with Crippen LogP contribution in [0.15, 0.2) is 34.6 Å². The molecule has 2 aromatic rings. The standard InChI is InChI=1S/C14H12F6N4OS/c15-13(16,17)10-7-26-11(24-10)5-6-22-12(21)23-8-3-1-2-4-9(8)25-14(18,19)20/h1-4,7H,5-6H2,(H3,21,22,23). The number of aromatic nitrogens is 1. The molecule has 12 heteroatoms. The molecular weight excluding hydrogens is 386 g/mol. The van der Waals surface area contributed by atoms with Gasteiger partial charge in [-0.2, -0.15) is 13.2 Å². The molecule has 0 spiro atoms. The SMILES string of the molecule is NC(=NCCc1nc(C(F)(F)F)cs1)Nc1ccccc1OC(F)(F)F. The summed E-state index contributed by atoms with van der Waals surface area (Å²) in [5, 5.41) is 3.57. The number of benzene rings is 1. The summed E-state index contributed by atoms with van der Waals surface area (Å²) in [6.07, 6.45) is -9.28. The first kappa shape index (κ1) is 19.8. The topological polar surface area (TPSA) is 72.5 Å². The largest absolute Gasteiger partial charge is 0.573 e. The number of alkyl halides is 6. The molecule has 0 atom stereocenters. The average molecular weight is 398 g/mol. The Bertz CT molecular complexity index is 771. The van der Waals surface area contributed by atoms with E-state index < -0.39 is 24.0 Å². The van der Waals surface area contributed by atoms with E-state index in [1.807, 2.05) is 0 Å². The van der Waals surface area contributed by atoms with E-state index in [1.165, 1.54) is 18.2 Å². The van der Waals surface area contributed by atoms with Crippen LogP contribution < -0.4 is 15.8 Å². The zero-order valence-corrected chi connectivity index (χ0v) is 13.7. The Morgan fingerprint density at radius 1 is 1.19 bits per heavy atom. The lowest BCUT2D eigenvalue weighted by Crippen LogP contribution is -2.24. The predicted octanol–water partition coefficient (Wildman–Crippen LogP) is 4.03. The van der Waals surface area contributed by atoms with Crippen LogP contribution in [0.5, 0.6) is 5.75 Å². The van der Waals surface area contributed by atoms with E-state index >= 15 is 0 Å². The van der Waals surface area contributed by atoms with Gasteiger partial charge in [-0.1, -0.05) is 12.1 Å². The maximum absolute atomic E-state index is 12.4. The lowest BCUT2D eigenvalue weighted by molar-refractivity contribution is -0.274. The van der Waals surface area contributed by atoms with E-state index in [1.54, 1.807) is 0 Å². The third-order valence-electron chi connectivity index (χ3n) is 2.83. The number of anilines is 1. The number of guanidine groups is 1. The Kier molecular flexibility index (Phi) is 5.95. The number of para-hydroxylation sites is 2. The maximum Gasteiger partial charge on any atom is 0.573 e. The maximum atomic E-state index is 12.4. The molecule has 0 saturated heterocycles. The Labute approximate surface area is 147 Å². The fraction of sp³-hybridized carbons (Fsp3) is 0.286. The molecule has 2 rings (SSSR count). The highest BCUT2D eigenvalue weighted by Gasteiger charge is 2.33. The van der Waals surface area contributed by atoms with E-state index in [9.17, 15) is 26.3 Å². The van der Waals surface area contributed by atoms with Crippen LogP contribution in [0.4, 0.5) is 32.0 Å². The minimum Gasteiger partial charge on any atom is -0.404 e. The number of thiazole rings is 1. The molecule has 26 heavy (non-hydrogen) atoms. The third kappa shape index (κ3) is 6.10. The van der Waals surface area contributed by atoms with Crippen LogP contribution in [-0.4, -0.2) is 23.9 Å². The van der Waals surface area contributed by atoms with Gasteiger partial charge in [0.1, 0.15) is 0 Å². The van der Waals surface area contributed by atoms with Crippen molar-refractivity contribution in [3.8, 4) is 5.75 Å². The van der Waals surface area contributed by atoms with Gasteiger partial charge in [0.05, 0.1) is 10.7 Å². The van der Waals surface area contributed by atoms with E-state index in [4.69, 9.17) is 5.73 Å². The molecule has 1 heterocycles. The molecule has 3 N–H and O–H groups in total. The summed E-state index contributed by atoms with van der Waals surface area (Å²) >= 11 is 0.834. The lowest BCUT2D eigenvalue weighted by atomic mass is 10.3. The van der Waals surface area contributed by atoms with Crippen LogP contribution in [-0.2, 0) is 12.6 Å². The highest BCUT2D eigenvalue weighted by molar-refractivity contribution is 7.09. The summed E-state index contributed by atoms with van der Waals surface area (Å²) in [5.41, 5.74) is 4.55. The number of rotatable bonds is 5. The first-order chi connectivity index (χ1) is 12.0. The molecule has 1 aromatic heterocycles. The molecule has 0 unspecified atom stereocenters. The van der Waals surface area contributed by atoms with Gasteiger partial charge in [0, 0.05) is 18.3 Å². The summed E-state index contributed by atoms with van der Waals surface area (Å²) in [4.78, 5) is 7.29. The third-order valence-corrected chi connectivity index (χ3v) is 3.73. The predicted molar refractivity (Wildman–Crippen MR) is 84.1 cm³/mol. The molecular formula is C14H12F6N4OS. The van der Waals surface area contributed by atoms with Crippen molar-refractivity contribution in [3.05, 3.63) is 40.3 Å². The van der Waals surface area contributed by atoms with Crippen molar-refractivity contribution in [2.24, 2.45) is 10.7 Å². The Hall–Kier alpha value is -2.50. The number of aliphatic imine (C=N–C) groups is 1. The van der Waals surface area contributed by atoms with Crippen molar-refractivity contribution in [1.29, 1.82) is 0 Å². The van der Waals surface area contributed by atoms with Gasteiger partial charge in [0.2, 0.25) is 0 Å². The van der Waals surface area contributed by atoms with Gasteiger partial charge in [-0.3, -0.25) is 4.99 Å². The van der Waals surface area contributed by atoms with Crippen molar-refractivity contribution in [2.45, 2.75) is 19.0 Å². The highest BCUT2D eigenvalue weighted by Crippen LogP contribution is 2.31. The number of nitrogens with one attached hydrogen (secondary N) is 1. The van der Waals surface area contributed by atoms with Gasteiger partial charge in [-0.25, -0.2) is 4.98 Å². The average Bonchev–Trinajstić information content (AvgIpc) is 2.97. The quantitative estimate of drug-likeness (QED) is 0.453. The van der Waals surface area contributed by atoms with Gasteiger partial charge in [-0.15, -0.1) is 24.5 Å². The lowest BCUT2D eigenvalue weighted by Gasteiger charge is -2.14. The first-order valence-electron chi connectivity index (χ1n) is 6.98. The van der Waals surface area contributed by atoms with Gasteiger partial charge in [0.15, 0.2) is 17.4 Å². The normalized spacial score (nSPS) is 12.9. The Morgan fingerprint density at radius 2 is 1.88 bits per heavy atom. The Morgan fingerprint density at radius 3 is 2.50 bits per heavy atom. The molecule has 0 amide bonds. The van der Waals surface area contributed by atoms with Gasteiger partial charge < -0.3 is 15.8 Å². The second-order valence-electron chi connectivity index (χ2n) is 4.81. The molecule has 5 nitrogen and oxygen atoms in total. The Balaban J connectivity index is 1.96. The fourth-order valence-electron chi connectivity index (χ4n) is 1.79. The summed E-state index contributed by atoms with van der Waals surface area (Å²) in [7, 11) is 0. The molecule has 0 aliphatic heterocycles. The van der Waals surface area contributed by atoms with E-state index in [-0.39, 0.29) is 29.6 Å². The van der Waals surface area contributed by atoms with Gasteiger partial charge in [-0.05, 0) is 12.1 Å². The molecule has 0 aliphatic rings. The van der Waals surface area contributed by atoms with Crippen molar-refractivity contribution in [3.63, 3.8) is 0 Å². The molecule has 0 saturated carbocycles. The first-order valence-corrected chi connectivity index (χ1v) is 7.86. The number of nitrogens with two attached hydrogens (primary N) is 1. The van der Waals surface area contributed by atoms with Crippen molar-refractivity contribution >= 4 is 23.0 Å². The summed E-state index contributed by atoms with van der Waals surface area (Å²) in [5.74, 6) is -0.705. The van der Waals surface area contributed by atoms with Crippen LogP contribution in [0.2, 0.25) is 0 Å². The van der Waals surface area contributed by atoms with Crippen molar-refractivity contribution < 1.29 is 31.1 Å². The smallest absolute Gasteiger partial charge is 0.404 e. The summed E-state index contributed by atoms with van der Waals surface area (Å²) < 4.78 is 78.2. The number of nitrogens with zero attached hydrogens (tertiary/aromatic N) is 2. The minimum atomic E-state index is -4.87. The minimum absolute atomic E-state index is 0.00589. The molecule has 0 radical (unpaired) electrons. The van der Waals surface area contributed by atoms with Crippen LogP contribution in [0.3, 0.4) is 0 Å². The number of ether oxygens (including phenoxy) is 1. The van der Waals surface area contributed by atoms with E-state index in [2.05, 4.69) is 20.0 Å². The van der Waals surface area contributed by atoms with E-state index in [0.717, 1.165) is 22.8 Å².